The van der Waals surface area contributed by atoms with Crippen molar-refractivity contribution >= 4 is 11.9 Å². The Bertz CT molecular complexity index is 438. The van der Waals surface area contributed by atoms with Gasteiger partial charge in [-0.3, -0.25) is 4.79 Å². The standard InChI is InChI=1S/C15H19NO3/c17-13(10-11-6-4-5-7-11)16-14(15(18)19)12-8-2-1-3-9-12/h1-3,8-9,11,14H,4-7,10H2,(H,16,17)(H,18,19)/t14-/m0/s1. The number of carboxylic acid groups (broad SMARTS) is 1. The zero-order valence-electron chi connectivity index (χ0n) is 10.8. The molecule has 1 atom stereocenters. The molecule has 1 aromatic carbocycles. The molecule has 19 heavy (non-hydrogen) atoms. The number of carbonyl (C=O) groups excluding carboxylic acids is 1. The van der Waals surface area contributed by atoms with E-state index in [9.17, 15) is 14.7 Å². The van der Waals surface area contributed by atoms with Crippen LogP contribution in [-0.4, -0.2) is 17.0 Å². The van der Waals surface area contributed by atoms with Crippen molar-refractivity contribution in [3.63, 3.8) is 0 Å². The first-order valence-corrected chi connectivity index (χ1v) is 6.74. The van der Waals surface area contributed by atoms with E-state index in [1.54, 1.807) is 24.3 Å². The minimum atomic E-state index is -1.02. The van der Waals surface area contributed by atoms with Crippen LogP contribution in [0.1, 0.15) is 43.7 Å². The molecule has 0 aromatic heterocycles. The number of amides is 1. The number of nitrogens with one attached hydrogen (secondary N) is 1. The van der Waals surface area contributed by atoms with E-state index in [0.29, 0.717) is 17.9 Å². The van der Waals surface area contributed by atoms with Gasteiger partial charge in [0, 0.05) is 6.42 Å². The molecule has 1 aliphatic rings. The van der Waals surface area contributed by atoms with E-state index in [4.69, 9.17) is 0 Å². The molecule has 1 amide bonds. The maximum absolute atomic E-state index is 11.9. The monoisotopic (exact) mass is 261 g/mol. The maximum Gasteiger partial charge on any atom is 0.330 e. The first-order valence-electron chi connectivity index (χ1n) is 6.74. The number of hydrogen-bond acceptors (Lipinski definition) is 2. The first kappa shape index (κ1) is 13.6. The highest BCUT2D eigenvalue weighted by Gasteiger charge is 2.24. The Labute approximate surface area is 112 Å². The van der Waals surface area contributed by atoms with Crippen molar-refractivity contribution < 1.29 is 14.7 Å². The lowest BCUT2D eigenvalue weighted by Gasteiger charge is -2.16. The number of carbonyl (C=O) groups is 2. The van der Waals surface area contributed by atoms with Gasteiger partial charge >= 0.3 is 5.97 Å². The van der Waals surface area contributed by atoms with E-state index in [1.807, 2.05) is 6.07 Å². The van der Waals surface area contributed by atoms with Crippen LogP contribution >= 0.6 is 0 Å². The van der Waals surface area contributed by atoms with E-state index in [-0.39, 0.29) is 5.91 Å². The number of hydrogen-bond donors (Lipinski definition) is 2. The average Bonchev–Trinajstić information content (AvgIpc) is 2.89. The van der Waals surface area contributed by atoms with Crippen LogP contribution in [0.25, 0.3) is 0 Å². The van der Waals surface area contributed by atoms with E-state index in [0.717, 1.165) is 12.8 Å². The van der Waals surface area contributed by atoms with Crippen LogP contribution < -0.4 is 5.32 Å². The molecule has 4 heteroatoms. The predicted molar refractivity (Wildman–Crippen MR) is 71.5 cm³/mol. The van der Waals surface area contributed by atoms with Crippen molar-refractivity contribution in [1.82, 2.24) is 5.32 Å². The van der Waals surface area contributed by atoms with Gasteiger partial charge in [-0.25, -0.2) is 4.79 Å². The van der Waals surface area contributed by atoms with Gasteiger partial charge in [0.05, 0.1) is 0 Å². The van der Waals surface area contributed by atoms with Crippen LogP contribution in [-0.2, 0) is 9.59 Å². The van der Waals surface area contributed by atoms with Gasteiger partial charge in [-0.1, -0.05) is 43.2 Å². The van der Waals surface area contributed by atoms with Crippen LogP contribution in [0.2, 0.25) is 0 Å². The van der Waals surface area contributed by atoms with Crippen LogP contribution in [0, 0.1) is 5.92 Å². The highest BCUT2D eigenvalue weighted by molar-refractivity contribution is 5.84. The minimum absolute atomic E-state index is 0.164. The van der Waals surface area contributed by atoms with Crippen LogP contribution in [0.4, 0.5) is 0 Å². The fraction of sp³-hybridized carbons (Fsp3) is 0.467. The molecule has 0 heterocycles. The molecular formula is C15H19NO3. The summed E-state index contributed by atoms with van der Waals surface area (Å²) >= 11 is 0. The second-order valence-electron chi connectivity index (χ2n) is 5.10. The summed E-state index contributed by atoms with van der Waals surface area (Å²) in [7, 11) is 0. The zero-order valence-corrected chi connectivity index (χ0v) is 10.8. The molecule has 4 nitrogen and oxygen atoms in total. The molecule has 1 fully saturated rings. The molecule has 2 N–H and O–H groups in total. The molecule has 0 radical (unpaired) electrons. The third-order valence-corrected chi connectivity index (χ3v) is 3.63. The van der Waals surface area contributed by atoms with Crippen molar-refractivity contribution in [3.8, 4) is 0 Å². The first-order chi connectivity index (χ1) is 9.16. The SMILES string of the molecule is O=C(CC1CCCC1)N[C@H](C(=O)O)c1ccccc1. The summed E-state index contributed by atoms with van der Waals surface area (Å²) in [6.45, 7) is 0. The summed E-state index contributed by atoms with van der Waals surface area (Å²) in [6, 6.07) is 7.85. The Balaban J connectivity index is 1.97. The second kappa shape index (κ2) is 6.36. The molecule has 0 spiro atoms. The van der Waals surface area contributed by atoms with Crippen molar-refractivity contribution in [2.75, 3.05) is 0 Å². The topological polar surface area (TPSA) is 66.4 Å². The second-order valence-corrected chi connectivity index (χ2v) is 5.10. The Hall–Kier alpha value is -1.84. The summed E-state index contributed by atoms with van der Waals surface area (Å²) in [5.41, 5.74) is 0.606. The van der Waals surface area contributed by atoms with Crippen LogP contribution in [0.5, 0.6) is 0 Å². The van der Waals surface area contributed by atoms with Crippen molar-refractivity contribution in [3.05, 3.63) is 35.9 Å². The molecular weight excluding hydrogens is 242 g/mol. The molecule has 0 saturated heterocycles. The van der Waals surface area contributed by atoms with Crippen molar-refractivity contribution in [1.29, 1.82) is 0 Å². The fourth-order valence-corrected chi connectivity index (χ4v) is 2.63. The molecule has 102 valence electrons. The number of rotatable bonds is 5. The normalized spacial score (nSPS) is 17.1. The third-order valence-electron chi connectivity index (χ3n) is 3.63. The van der Waals surface area contributed by atoms with Gasteiger partial charge in [0.1, 0.15) is 0 Å². The Kier molecular flexibility index (Phi) is 4.55. The number of carboxylic acids is 1. The van der Waals surface area contributed by atoms with Gasteiger partial charge < -0.3 is 10.4 Å². The zero-order chi connectivity index (χ0) is 13.7. The largest absolute Gasteiger partial charge is 0.479 e. The van der Waals surface area contributed by atoms with E-state index >= 15 is 0 Å². The summed E-state index contributed by atoms with van der Waals surface area (Å²) in [6.07, 6.45) is 4.96. The molecule has 0 bridgehead atoms. The lowest BCUT2D eigenvalue weighted by molar-refractivity contribution is -0.142. The Morgan fingerprint density at radius 1 is 1.21 bits per heavy atom. The lowest BCUT2D eigenvalue weighted by Crippen LogP contribution is -2.34. The van der Waals surface area contributed by atoms with Gasteiger partial charge in [0.2, 0.25) is 5.91 Å². The van der Waals surface area contributed by atoms with Gasteiger partial charge in [0.15, 0.2) is 6.04 Å². The minimum Gasteiger partial charge on any atom is -0.479 e. The molecule has 0 unspecified atom stereocenters. The average molecular weight is 261 g/mol. The molecule has 1 saturated carbocycles. The van der Waals surface area contributed by atoms with E-state index in [2.05, 4.69) is 5.32 Å². The predicted octanol–water partition coefficient (Wildman–Crippen LogP) is 2.51. The van der Waals surface area contributed by atoms with Gasteiger partial charge in [0.25, 0.3) is 0 Å². The van der Waals surface area contributed by atoms with Crippen LogP contribution in [0.15, 0.2) is 30.3 Å². The summed E-state index contributed by atoms with van der Waals surface area (Å²) < 4.78 is 0. The Morgan fingerprint density at radius 3 is 2.42 bits per heavy atom. The summed E-state index contributed by atoms with van der Waals surface area (Å²) in [4.78, 5) is 23.2. The van der Waals surface area contributed by atoms with Crippen molar-refractivity contribution in [2.45, 2.75) is 38.1 Å². The van der Waals surface area contributed by atoms with Gasteiger partial charge in [-0.05, 0) is 24.3 Å². The summed E-state index contributed by atoms with van der Waals surface area (Å²) in [5, 5.41) is 11.8. The quantitative estimate of drug-likeness (QED) is 0.855. The van der Waals surface area contributed by atoms with Gasteiger partial charge in [-0.2, -0.15) is 0 Å². The molecule has 0 aliphatic heterocycles. The number of aliphatic carboxylic acids is 1. The highest BCUT2D eigenvalue weighted by Crippen LogP contribution is 2.27. The molecule has 1 aromatic rings. The maximum atomic E-state index is 11.9. The summed E-state index contributed by atoms with van der Waals surface area (Å²) in [5.74, 6) is -0.764. The fourth-order valence-electron chi connectivity index (χ4n) is 2.63. The third kappa shape index (κ3) is 3.81. The Morgan fingerprint density at radius 2 is 1.84 bits per heavy atom. The van der Waals surface area contributed by atoms with E-state index < -0.39 is 12.0 Å². The molecule has 2 rings (SSSR count). The highest BCUT2D eigenvalue weighted by atomic mass is 16.4. The lowest BCUT2D eigenvalue weighted by atomic mass is 10.0. The number of benzene rings is 1. The van der Waals surface area contributed by atoms with E-state index in [1.165, 1.54) is 12.8 Å². The molecule has 1 aliphatic carbocycles. The van der Waals surface area contributed by atoms with Gasteiger partial charge in [-0.15, -0.1) is 0 Å². The van der Waals surface area contributed by atoms with Crippen molar-refractivity contribution in [2.24, 2.45) is 5.92 Å². The smallest absolute Gasteiger partial charge is 0.330 e. The van der Waals surface area contributed by atoms with Crippen LogP contribution in [0.3, 0.4) is 0 Å².